The van der Waals surface area contributed by atoms with Crippen molar-refractivity contribution in [2.45, 2.75) is 39.8 Å². The lowest BCUT2D eigenvalue weighted by Crippen LogP contribution is -2.24. The van der Waals surface area contributed by atoms with E-state index in [9.17, 15) is 0 Å². The Morgan fingerprint density at radius 3 is 2.63 bits per heavy atom. The molecule has 0 saturated heterocycles. The summed E-state index contributed by atoms with van der Waals surface area (Å²) in [5.41, 5.74) is 3.54. The van der Waals surface area contributed by atoms with Crippen LogP contribution in [0.25, 0.3) is 0 Å². The maximum absolute atomic E-state index is 4.63. The van der Waals surface area contributed by atoms with Crippen molar-refractivity contribution < 1.29 is 0 Å². The summed E-state index contributed by atoms with van der Waals surface area (Å²) in [6.07, 6.45) is 4.95. The molecule has 0 aromatic carbocycles. The molecule has 2 rings (SSSR count). The molecule has 2 aromatic heterocycles. The Hall–Kier alpha value is -1.62. The van der Waals surface area contributed by atoms with E-state index in [1.807, 2.05) is 17.9 Å². The van der Waals surface area contributed by atoms with E-state index in [2.05, 4.69) is 53.2 Å². The van der Waals surface area contributed by atoms with Crippen LogP contribution in [0.4, 0.5) is 0 Å². The molecular formula is C14H23N5. The van der Waals surface area contributed by atoms with Gasteiger partial charge in [0.1, 0.15) is 0 Å². The van der Waals surface area contributed by atoms with Gasteiger partial charge in [0.2, 0.25) is 0 Å². The van der Waals surface area contributed by atoms with Gasteiger partial charge in [-0.1, -0.05) is 13.8 Å². The second-order valence-corrected chi connectivity index (χ2v) is 4.67. The van der Waals surface area contributed by atoms with Crippen molar-refractivity contribution in [2.75, 3.05) is 6.54 Å². The zero-order chi connectivity index (χ0) is 13.8. The maximum Gasteiger partial charge on any atom is 0.0779 e. The second kappa shape index (κ2) is 6.02. The van der Waals surface area contributed by atoms with Gasteiger partial charge in [-0.3, -0.25) is 9.36 Å². The number of hydrogen-bond acceptors (Lipinski definition) is 3. The van der Waals surface area contributed by atoms with Crippen LogP contribution < -0.4 is 5.32 Å². The van der Waals surface area contributed by atoms with Crippen LogP contribution in [-0.4, -0.2) is 26.1 Å². The van der Waals surface area contributed by atoms with E-state index >= 15 is 0 Å². The fourth-order valence-electron chi connectivity index (χ4n) is 2.33. The highest BCUT2D eigenvalue weighted by Crippen LogP contribution is 2.22. The molecule has 0 bridgehead atoms. The van der Waals surface area contributed by atoms with Gasteiger partial charge in [-0.2, -0.15) is 10.2 Å². The summed E-state index contributed by atoms with van der Waals surface area (Å²) in [5, 5.41) is 12.4. The monoisotopic (exact) mass is 261 g/mol. The van der Waals surface area contributed by atoms with Crippen molar-refractivity contribution in [1.29, 1.82) is 0 Å². The Bertz CT molecular complexity index is 526. The van der Waals surface area contributed by atoms with Gasteiger partial charge in [0, 0.05) is 25.4 Å². The molecule has 2 heterocycles. The molecule has 5 heteroatoms. The normalized spacial score (nSPS) is 12.8. The summed E-state index contributed by atoms with van der Waals surface area (Å²) in [4.78, 5) is 0. The average molecular weight is 261 g/mol. The Morgan fingerprint density at radius 2 is 2.11 bits per heavy atom. The summed E-state index contributed by atoms with van der Waals surface area (Å²) in [6, 6.07) is 2.36. The van der Waals surface area contributed by atoms with E-state index < -0.39 is 0 Å². The van der Waals surface area contributed by atoms with Gasteiger partial charge >= 0.3 is 0 Å². The number of nitrogens with one attached hydrogen (secondary N) is 1. The summed E-state index contributed by atoms with van der Waals surface area (Å²) < 4.78 is 3.92. The van der Waals surface area contributed by atoms with Crippen LogP contribution in [0, 0.1) is 0 Å². The molecule has 1 N–H and O–H groups in total. The van der Waals surface area contributed by atoms with Crippen LogP contribution in [0.1, 0.15) is 43.8 Å². The van der Waals surface area contributed by atoms with Gasteiger partial charge in [0.15, 0.2) is 0 Å². The Kier molecular flexibility index (Phi) is 4.37. The third-order valence-corrected chi connectivity index (χ3v) is 3.29. The van der Waals surface area contributed by atoms with Crippen molar-refractivity contribution in [2.24, 2.45) is 7.05 Å². The van der Waals surface area contributed by atoms with Gasteiger partial charge in [0.25, 0.3) is 0 Å². The molecule has 104 valence electrons. The fraction of sp³-hybridized carbons (Fsp3) is 0.571. The first-order valence-corrected chi connectivity index (χ1v) is 6.98. The third kappa shape index (κ3) is 2.87. The molecular weight excluding hydrogens is 238 g/mol. The minimum atomic E-state index is 0.159. The summed E-state index contributed by atoms with van der Waals surface area (Å²) >= 11 is 0. The van der Waals surface area contributed by atoms with Gasteiger partial charge in [0.05, 0.1) is 23.6 Å². The van der Waals surface area contributed by atoms with Crippen LogP contribution in [0.5, 0.6) is 0 Å². The van der Waals surface area contributed by atoms with Gasteiger partial charge in [-0.15, -0.1) is 0 Å². The predicted molar refractivity (Wildman–Crippen MR) is 76.0 cm³/mol. The van der Waals surface area contributed by atoms with E-state index in [1.54, 1.807) is 0 Å². The summed E-state index contributed by atoms with van der Waals surface area (Å²) in [6.45, 7) is 8.19. The fourth-order valence-corrected chi connectivity index (χ4v) is 2.33. The van der Waals surface area contributed by atoms with Crippen molar-refractivity contribution in [3.8, 4) is 0 Å². The van der Waals surface area contributed by atoms with Crippen LogP contribution in [0.2, 0.25) is 0 Å². The van der Waals surface area contributed by atoms with Crippen LogP contribution in [-0.2, 0) is 20.0 Å². The summed E-state index contributed by atoms with van der Waals surface area (Å²) in [7, 11) is 1.95. The molecule has 0 saturated carbocycles. The zero-order valence-corrected chi connectivity index (χ0v) is 12.2. The smallest absolute Gasteiger partial charge is 0.0779 e. The first-order valence-electron chi connectivity index (χ1n) is 6.98. The van der Waals surface area contributed by atoms with Gasteiger partial charge < -0.3 is 5.32 Å². The minimum Gasteiger partial charge on any atom is -0.305 e. The first-order chi connectivity index (χ1) is 9.19. The van der Waals surface area contributed by atoms with E-state index in [0.717, 1.165) is 25.2 Å². The lowest BCUT2D eigenvalue weighted by Gasteiger charge is -2.17. The lowest BCUT2D eigenvalue weighted by molar-refractivity contribution is 0.540. The molecule has 19 heavy (non-hydrogen) atoms. The molecule has 2 aromatic rings. The van der Waals surface area contributed by atoms with E-state index in [4.69, 9.17) is 0 Å². The van der Waals surface area contributed by atoms with E-state index in [0.29, 0.717) is 0 Å². The Labute approximate surface area is 114 Å². The third-order valence-electron chi connectivity index (χ3n) is 3.29. The Balaban J connectivity index is 2.40. The highest BCUT2D eigenvalue weighted by atomic mass is 15.3. The molecule has 0 aliphatic rings. The molecule has 1 atom stereocenters. The van der Waals surface area contributed by atoms with Crippen LogP contribution in [0.3, 0.4) is 0 Å². The maximum atomic E-state index is 4.63. The number of rotatable bonds is 6. The standard InChI is InChI=1S/C14H23N5/c1-5-12-8-13(19(7-3)17-12)14(15-6-2)11-9-16-18(4)10-11/h8-10,14-15H,5-7H2,1-4H3. The number of aryl methyl sites for hydroxylation is 3. The molecule has 1 unspecified atom stereocenters. The molecule has 0 spiro atoms. The summed E-state index contributed by atoms with van der Waals surface area (Å²) in [5.74, 6) is 0. The number of hydrogen-bond donors (Lipinski definition) is 1. The van der Waals surface area contributed by atoms with Gasteiger partial charge in [-0.05, 0) is 26.0 Å². The van der Waals surface area contributed by atoms with Gasteiger partial charge in [-0.25, -0.2) is 0 Å². The molecule has 0 aliphatic heterocycles. The average Bonchev–Trinajstić information content (AvgIpc) is 3.02. The quantitative estimate of drug-likeness (QED) is 0.864. The molecule has 0 amide bonds. The van der Waals surface area contributed by atoms with Crippen LogP contribution >= 0.6 is 0 Å². The SMILES string of the molecule is CCNC(c1cnn(C)c1)c1cc(CC)nn1CC. The van der Waals surface area contributed by atoms with Crippen molar-refractivity contribution in [1.82, 2.24) is 24.9 Å². The highest BCUT2D eigenvalue weighted by Gasteiger charge is 2.19. The highest BCUT2D eigenvalue weighted by molar-refractivity contribution is 5.26. The molecule has 0 aliphatic carbocycles. The molecule has 0 fully saturated rings. The number of nitrogens with zero attached hydrogens (tertiary/aromatic N) is 4. The molecule has 0 radical (unpaired) electrons. The van der Waals surface area contributed by atoms with Crippen LogP contribution in [0.15, 0.2) is 18.5 Å². The minimum absolute atomic E-state index is 0.159. The topological polar surface area (TPSA) is 47.7 Å². The van der Waals surface area contributed by atoms with Crippen molar-refractivity contribution in [3.63, 3.8) is 0 Å². The van der Waals surface area contributed by atoms with Crippen molar-refractivity contribution in [3.05, 3.63) is 35.4 Å². The van der Waals surface area contributed by atoms with E-state index in [1.165, 1.54) is 11.3 Å². The van der Waals surface area contributed by atoms with E-state index in [-0.39, 0.29) is 6.04 Å². The molecule has 5 nitrogen and oxygen atoms in total. The number of aromatic nitrogens is 4. The zero-order valence-electron chi connectivity index (χ0n) is 12.2. The predicted octanol–water partition coefficient (Wildman–Crippen LogP) is 1.90. The Morgan fingerprint density at radius 1 is 1.32 bits per heavy atom. The second-order valence-electron chi connectivity index (χ2n) is 4.67. The lowest BCUT2D eigenvalue weighted by atomic mass is 10.1. The first kappa shape index (κ1) is 13.8. The largest absolute Gasteiger partial charge is 0.305 e. The van der Waals surface area contributed by atoms with Crippen molar-refractivity contribution >= 4 is 0 Å².